The molecule has 2 aromatic carbocycles. The maximum absolute atomic E-state index is 13.5. The van der Waals surface area contributed by atoms with Crippen LogP contribution in [0.25, 0.3) is 0 Å². The van der Waals surface area contributed by atoms with Crippen LogP contribution in [-0.2, 0) is 9.53 Å². The fraction of sp³-hybridized carbons (Fsp3) is 0.583. The lowest BCUT2D eigenvalue weighted by Gasteiger charge is -2.53. The predicted molar refractivity (Wildman–Crippen MR) is 175 cm³/mol. The normalized spacial score (nSPS) is 16.4. The number of carbonyl (C=O) groups is 3. The largest absolute Gasteiger partial charge is 0.469 e. The number of hydrogen-bond donors (Lipinski definition) is 1. The monoisotopic (exact) mass is 607 g/mol. The molecule has 2 atom stereocenters. The van der Waals surface area contributed by atoms with Gasteiger partial charge in [0.25, 0.3) is 0 Å². The van der Waals surface area contributed by atoms with E-state index in [2.05, 4.69) is 31.0 Å². The number of imide groups is 1. The summed E-state index contributed by atoms with van der Waals surface area (Å²) in [5.41, 5.74) is 1.79. The van der Waals surface area contributed by atoms with E-state index in [9.17, 15) is 14.4 Å². The van der Waals surface area contributed by atoms with Crippen molar-refractivity contribution in [3.05, 3.63) is 65.2 Å². The number of ether oxygens (including phenoxy) is 2. The molecule has 1 N–H and O–H groups in total. The molecule has 8 heteroatoms. The number of esters is 1. The van der Waals surface area contributed by atoms with Crippen molar-refractivity contribution in [2.75, 3.05) is 26.2 Å². The maximum atomic E-state index is 13.5. The highest BCUT2D eigenvalue weighted by atomic mass is 16.5. The Morgan fingerprint density at radius 2 is 1.50 bits per heavy atom. The number of rotatable bonds is 18. The SMILES string of the molecule is CCCCN(CCCC)CCOC(=O)c1ccc(O[C@@H]2N(C(=O)N[C@@H](CCC)c3ccc(C)cc3)C(=O)C2(CC)CC)cc1. The lowest BCUT2D eigenvalue weighted by atomic mass is 9.72. The summed E-state index contributed by atoms with van der Waals surface area (Å²) in [6.07, 6.45) is 6.52. The first-order chi connectivity index (χ1) is 21.2. The van der Waals surface area contributed by atoms with Gasteiger partial charge in [0.15, 0.2) is 6.23 Å². The number of hydrogen-bond acceptors (Lipinski definition) is 6. The molecular weight excluding hydrogens is 554 g/mol. The summed E-state index contributed by atoms with van der Waals surface area (Å²) in [4.78, 5) is 43.3. The maximum Gasteiger partial charge on any atom is 0.338 e. The van der Waals surface area contributed by atoms with Crippen LogP contribution in [0, 0.1) is 12.3 Å². The van der Waals surface area contributed by atoms with Crippen LogP contribution in [0.2, 0.25) is 0 Å². The number of carbonyl (C=O) groups excluding carboxylic acids is 3. The molecule has 8 nitrogen and oxygen atoms in total. The number of benzene rings is 2. The molecule has 44 heavy (non-hydrogen) atoms. The van der Waals surface area contributed by atoms with Crippen molar-refractivity contribution in [2.24, 2.45) is 5.41 Å². The topological polar surface area (TPSA) is 88.2 Å². The van der Waals surface area contributed by atoms with E-state index in [4.69, 9.17) is 9.47 Å². The third-order valence-electron chi connectivity index (χ3n) is 8.82. The Hall–Kier alpha value is -3.39. The van der Waals surface area contributed by atoms with Gasteiger partial charge in [-0.15, -0.1) is 0 Å². The average molecular weight is 608 g/mol. The second-order valence-corrected chi connectivity index (χ2v) is 11.9. The van der Waals surface area contributed by atoms with Gasteiger partial charge in [0.2, 0.25) is 5.91 Å². The third kappa shape index (κ3) is 8.62. The molecule has 1 fully saturated rings. The molecular formula is C36H53N3O5. The van der Waals surface area contributed by atoms with Crippen LogP contribution in [0.3, 0.4) is 0 Å². The number of nitrogens with zero attached hydrogens (tertiary/aromatic N) is 2. The fourth-order valence-electron chi connectivity index (χ4n) is 5.78. The van der Waals surface area contributed by atoms with Crippen LogP contribution < -0.4 is 10.1 Å². The molecule has 1 aliphatic heterocycles. The number of β-lactam (4-membered cyclic amide) rings is 1. The zero-order valence-electron chi connectivity index (χ0n) is 27.7. The highest BCUT2D eigenvalue weighted by Crippen LogP contribution is 2.46. The molecule has 0 unspecified atom stereocenters. The summed E-state index contributed by atoms with van der Waals surface area (Å²) < 4.78 is 11.9. The van der Waals surface area contributed by atoms with E-state index < -0.39 is 17.7 Å². The highest BCUT2D eigenvalue weighted by Gasteiger charge is 2.63. The lowest BCUT2D eigenvalue weighted by molar-refractivity contribution is -0.191. The molecule has 242 valence electrons. The quantitative estimate of drug-likeness (QED) is 0.138. The first-order valence-corrected chi connectivity index (χ1v) is 16.6. The van der Waals surface area contributed by atoms with Crippen LogP contribution in [0.5, 0.6) is 5.75 Å². The summed E-state index contributed by atoms with van der Waals surface area (Å²) in [7, 11) is 0. The van der Waals surface area contributed by atoms with Crippen LogP contribution in [0.15, 0.2) is 48.5 Å². The minimum absolute atomic E-state index is 0.213. The molecule has 0 aromatic heterocycles. The molecule has 3 rings (SSSR count). The Bertz CT molecular complexity index is 1190. The Labute approximate surface area is 264 Å². The number of amides is 3. The van der Waals surface area contributed by atoms with Gasteiger partial charge in [-0.1, -0.05) is 83.7 Å². The summed E-state index contributed by atoms with van der Waals surface area (Å²) in [6.45, 7) is 15.5. The Morgan fingerprint density at radius 1 is 0.886 bits per heavy atom. The third-order valence-corrected chi connectivity index (χ3v) is 8.82. The van der Waals surface area contributed by atoms with Gasteiger partial charge in [-0.25, -0.2) is 14.5 Å². The smallest absolute Gasteiger partial charge is 0.338 e. The predicted octanol–water partition coefficient (Wildman–Crippen LogP) is 7.66. The van der Waals surface area contributed by atoms with E-state index in [-0.39, 0.29) is 17.9 Å². The van der Waals surface area contributed by atoms with Crippen LogP contribution in [-0.4, -0.2) is 60.2 Å². The molecule has 0 spiro atoms. The van der Waals surface area contributed by atoms with Crippen molar-refractivity contribution >= 4 is 17.9 Å². The molecule has 0 bridgehead atoms. The summed E-state index contributed by atoms with van der Waals surface area (Å²) in [5.74, 6) is -0.120. The van der Waals surface area contributed by atoms with Gasteiger partial charge in [0.05, 0.1) is 11.6 Å². The van der Waals surface area contributed by atoms with E-state index in [0.29, 0.717) is 30.8 Å². The number of likely N-dealkylation sites (tertiary alicyclic amines) is 1. The molecule has 0 radical (unpaired) electrons. The van der Waals surface area contributed by atoms with Crippen molar-refractivity contribution in [1.29, 1.82) is 0 Å². The second-order valence-electron chi connectivity index (χ2n) is 11.9. The van der Waals surface area contributed by atoms with E-state index in [1.54, 1.807) is 24.3 Å². The molecule has 1 saturated heterocycles. The van der Waals surface area contributed by atoms with Crippen LogP contribution in [0.1, 0.15) is 114 Å². The first kappa shape index (κ1) is 35.1. The Balaban J connectivity index is 1.66. The minimum atomic E-state index is -0.791. The van der Waals surface area contributed by atoms with Crippen molar-refractivity contribution in [2.45, 2.75) is 105 Å². The van der Waals surface area contributed by atoms with Gasteiger partial charge >= 0.3 is 12.0 Å². The van der Waals surface area contributed by atoms with E-state index in [0.717, 1.165) is 69.3 Å². The summed E-state index contributed by atoms with van der Waals surface area (Å²) in [5, 5.41) is 3.08. The number of urea groups is 1. The van der Waals surface area contributed by atoms with Gasteiger partial charge < -0.3 is 14.8 Å². The molecule has 1 aliphatic rings. The number of nitrogens with one attached hydrogen (secondary N) is 1. The molecule has 0 aliphatic carbocycles. The standard InChI is InChI=1S/C36H53N3O5/c1-7-12-23-38(24-13-8-2)25-26-43-32(40)29-19-21-30(22-20-29)44-34-36(10-4,11-5)33(41)39(34)35(42)37-31(14-9-3)28-17-15-27(6)16-18-28/h15-22,31,34H,7-14,23-26H2,1-6H3,(H,37,42)/t31-,34-/m0/s1. The summed E-state index contributed by atoms with van der Waals surface area (Å²) >= 11 is 0. The van der Waals surface area contributed by atoms with Crippen molar-refractivity contribution < 1.29 is 23.9 Å². The fourth-order valence-corrected chi connectivity index (χ4v) is 5.78. The van der Waals surface area contributed by atoms with E-state index in [1.165, 1.54) is 4.90 Å². The first-order valence-electron chi connectivity index (χ1n) is 16.6. The van der Waals surface area contributed by atoms with Gasteiger partial charge in [-0.3, -0.25) is 9.69 Å². The van der Waals surface area contributed by atoms with Gasteiger partial charge in [0, 0.05) is 6.54 Å². The van der Waals surface area contributed by atoms with Crippen molar-refractivity contribution in [1.82, 2.24) is 15.1 Å². The molecule has 1 heterocycles. The minimum Gasteiger partial charge on any atom is -0.469 e. The van der Waals surface area contributed by atoms with Gasteiger partial charge in [0.1, 0.15) is 17.8 Å². The van der Waals surface area contributed by atoms with Gasteiger partial charge in [-0.2, -0.15) is 0 Å². The lowest BCUT2D eigenvalue weighted by Crippen LogP contribution is -2.73. The van der Waals surface area contributed by atoms with E-state index >= 15 is 0 Å². The van der Waals surface area contributed by atoms with E-state index in [1.807, 2.05) is 45.0 Å². The molecule has 2 aromatic rings. The highest BCUT2D eigenvalue weighted by molar-refractivity contribution is 6.03. The van der Waals surface area contributed by atoms with Gasteiger partial charge in [-0.05, 0) is 81.9 Å². The molecule has 0 saturated carbocycles. The molecule has 3 amide bonds. The Morgan fingerprint density at radius 3 is 2.05 bits per heavy atom. The van der Waals surface area contributed by atoms with Crippen LogP contribution in [0.4, 0.5) is 4.79 Å². The summed E-state index contributed by atoms with van der Waals surface area (Å²) in [6, 6.07) is 14.2. The number of aryl methyl sites for hydroxylation is 1. The second kappa shape index (κ2) is 17.2. The van der Waals surface area contributed by atoms with Crippen molar-refractivity contribution in [3.8, 4) is 5.75 Å². The van der Waals surface area contributed by atoms with Crippen molar-refractivity contribution in [3.63, 3.8) is 0 Å². The zero-order valence-corrected chi connectivity index (χ0v) is 27.7. The zero-order chi connectivity index (χ0) is 32.1. The van der Waals surface area contributed by atoms with Crippen LogP contribution >= 0.6 is 0 Å². The average Bonchev–Trinajstić information content (AvgIpc) is 3.03. The Kier molecular flexibility index (Phi) is 13.7. The number of unbranched alkanes of at least 4 members (excludes halogenated alkanes) is 2.